The van der Waals surface area contributed by atoms with Gasteiger partial charge in [0.05, 0.1) is 0 Å². The number of aromatic nitrogens is 2. The van der Waals surface area contributed by atoms with E-state index in [0.29, 0.717) is 0 Å². The van der Waals surface area contributed by atoms with Crippen molar-refractivity contribution in [2.45, 2.75) is 25.7 Å². The molecule has 144 valence electrons. The van der Waals surface area contributed by atoms with Gasteiger partial charge in [0.25, 0.3) is 0 Å². The van der Waals surface area contributed by atoms with Gasteiger partial charge >= 0.3 is 21.1 Å². The zero-order chi connectivity index (χ0) is 18.8. The van der Waals surface area contributed by atoms with E-state index < -0.39 is 0 Å². The fraction of sp³-hybridized carbons (Fsp3) is 0.154. The molecule has 0 spiro atoms. The predicted molar refractivity (Wildman–Crippen MR) is 110 cm³/mol. The molecule has 1 aliphatic heterocycles. The molecule has 8 bridgehead atoms. The quantitative estimate of drug-likeness (QED) is 0.258. The summed E-state index contributed by atoms with van der Waals surface area (Å²) in [5.74, 6) is 0. The Labute approximate surface area is 186 Å². The Morgan fingerprint density at radius 3 is 1.24 bits per heavy atom. The van der Waals surface area contributed by atoms with Crippen LogP contribution in [0.1, 0.15) is 45.0 Å². The van der Waals surface area contributed by atoms with Crippen LogP contribution >= 0.6 is 0 Å². The number of pyridine rings is 2. The monoisotopic (exact) mass is 555 g/mol. The summed E-state index contributed by atoms with van der Waals surface area (Å²) in [5, 5.41) is 0. The van der Waals surface area contributed by atoms with E-state index in [0.717, 1.165) is 48.5 Å². The van der Waals surface area contributed by atoms with Gasteiger partial charge in [-0.2, -0.15) is 70.8 Å². The second-order valence-corrected chi connectivity index (χ2v) is 7.35. The van der Waals surface area contributed by atoms with Crippen LogP contribution in [0, 0.1) is 12.1 Å². The summed E-state index contributed by atoms with van der Waals surface area (Å²) in [7, 11) is 0. The van der Waals surface area contributed by atoms with Crippen molar-refractivity contribution in [2.24, 2.45) is 0 Å². The minimum absolute atomic E-state index is 0. The average Bonchev–Trinajstić information content (AvgIpc) is 2.69. The second-order valence-electron chi connectivity index (χ2n) is 7.35. The number of benzene rings is 2. The summed E-state index contributed by atoms with van der Waals surface area (Å²) in [4.78, 5) is 9.73. The van der Waals surface area contributed by atoms with Gasteiger partial charge in [0.2, 0.25) is 0 Å². The molecule has 1 aliphatic rings. The summed E-state index contributed by atoms with van der Waals surface area (Å²) < 4.78 is 0. The van der Waals surface area contributed by atoms with Crippen LogP contribution in [-0.2, 0) is 46.7 Å². The van der Waals surface area contributed by atoms with Crippen LogP contribution in [0.4, 0.5) is 0 Å². The molecule has 5 rings (SSSR count). The van der Waals surface area contributed by atoms with Crippen molar-refractivity contribution >= 4 is 0 Å². The maximum Gasteiger partial charge on any atom is 2.00 e. The van der Waals surface area contributed by atoms with Gasteiger partial charge in [-0.25, -0.2) is 0 Å². The smallest absolute Gasteiger partial charge is 0.257 e. The van der Waals surface area contributed by atoms with Crippen molar-refractivity contribution in [3.8, 4) is 0 Å². The van der Waals surface area contributed by atoms with E-state index in [-0.39, 0.29) is 21.1 Å². The molecule has 0 fully saturated rings. The van der Waals surface area contributed by atoms with Crippen molar-refractivity contribution < 1.29 is 21.1 Å². The maximum absolute atomic E-state index is 4.87. The van der Waals surface area contributed by atoms with Gasteiger partial charge in [-0.1, -0.05) is 12.1 Å². The third-order valence-electron chi connectivity index (χ3n) is 5.05. The van der Waals surface area contributed by atoms with Crippen LogP contribution in [0.3, 0.4) is 0 Å². The first-order valence-corrected chi connectivity index (χ1v) is 9.70. The average molecular weight is 556 g/mol. The van der Waals surface area contributed by atoms with E-state index in [9.17, 15) is 0 Å². The van der Waals surface area contributed by atoms with Crippen molar-refractivity contribution in [2.75, 3.05) is 0 Å². The van der Waals surface area contributed by atoms with Crippen molar-refractivity contribution in [3.05, 3.63) is 130 Å². The summed E-state index contributed by atoms with van der Waals surface area (Å²) >= 11 is 0. The fourth-order valence-corrected chi connectivity index (χ4v) is 3.79. The van der Waals surface area contributed by atoms with Crippen molar-refractivity contribution in [1.29, 1.82) is 0 Å². The molecule has 0 atom stereocenters. The van der Waals surface area contributed by atoms with Crippen LogP contribution in [0.5, 0.6) is 0 Å². The Balaban J connectivity index is 0.00000205. The predicted octanol–water partition coefficient (Wildman–Crippen LogP) is 4.75. The molecule has 0 N–H and O–H groups in total. The van der Waals surface area contributed by atoms with E-state index in [1.165, 1.54) is 22.3 Å². The number of hydrogen-bond acceptors (Lipinski definition) is 2. The first-order valence-electron chi connectivity index (χ1n) is 9.70. The molecule has 0 radical (unpaired) electrons. The molecule has 2 aromatic heterocycles. The third-order valence-corrected chi connectivity index (χ3v) is 5.05. The van der Waals surface area contributed by atoms with Crippen LogP contribution in [-0.4, -0.2) is 9.97 Å². The van der Waals surface area contributed by atoms with E-state index in [1.54, 1.807) is 0 Å². The van der Waals surface area contributed by atoms with Crippen LogP contribution in [0.15, 0.2) is 72.8 Å². The number of nitrogens with zero attached hydrogens (tertiary/aromatic N) is 2. The summed E-state index contributed by atoms with van der Waals surface area (Å²) in [6.45, 7) is 0. The van der Waals surface area contributed by atoms with Crippen LogP contribution < -0.4 is 0 Å². The Morgan fingerprint density at radius 1 is 0.448 bits per heavy atom. The van der Waals surface area contributed by atoms with Gasteiger partial charge in [0, 0.05) is 29.2 Å². The van der Waals surface area contributed by atoms with Gasteiger partial charge in [-0.15, -0.1) is 0 Å². The van der Waals surface area contributed by atoms with Crippen LogP contribution in [0.25, 0.3) is 0 Å². The summed E-state index contributed by atoms with van der Waals surface area (Å²) in [6.07, 6.45) is 3.16. The number of rotatable bonds is 0. The molecular weight excluding hydrogens is 535 g/mol. The van der Waals surface area contributed by atoms with E-state index >= 15 is 0 Å². The van der Waals surface area contributed by atoms with E-state index in [4.69, 9.17) is 9.97 Å². The van der Waals surface area contributed by atoms with Gasteiger partial charge in [-0.05, 0) is 43.5 Å². The van der Waals surface area contributed by atoms with Crippen molar-refractivity contribution in [1.82, 2.24) is 9.97 Å². The molecule has 0 saturated heterocycles. The molecular formula is C26H20N2Pt. The molecule has 2 aromatic carbocycles. The van der Waals surface area contributed by atoms with Crippen molar-refractivity contribution in [3.63, 3.8) is 0 Å². The first-order chi connectivity index (χ1) is 13.8. The minimum atomic E-state index is 0. The summed E-state index contributed by atoms with van der Waals surface area (Å²) in [5.41, 5.74) is 8.97. The molecule has 3 heteroatoms. The molecule has 29 heavy (non-hydrogen) atoms. The standard InChI is InChI=1S/C26H20N2.Pt/c1-5-19-13-20-6-2-8-22(15-20)17-24-10-4-12-26(28-24)18-25-11-3-9-23(27-25)16-21(7-1)14-19;/h1-12H,13,16-18H2;/q-2;+2. The first kappa shape index (κ1) is 19.7. The Bertz CT molecular complexity index is 886. The van der Waals surface area contributed by atoms with E-state index in [1.807, 2.05) is 0 Å². The minimum Gasteiger partial charge on any atom is -0.257 e. The third kappa shape index (κ3) is 4.89. The number of hydrogen-bond donors (Lipinski definition) is 0. The normalized spacial score (nSPS) is 12.7. The fourth-order valence-electron chi connectivity index (χ4n) is 3.79. The zero-order valence-corrected chi connectivity index (χ0v) is 18.2. The largest absolute Gasteiger partial charge is 2.00 e. The second kappa shape index (κ2) is 8.84. The Kier molecular flexibility index (Phi) is 6.02. The maximum atomic E-state index is 4.87. The Hall–Kier alpha value is -2.57. The molecule has 0 unspecified atom stereocenters. The number of fused-ring (bicyclic) bond motifs is 8. The van der Waals surface area contributed by atoms with Crippen LogP contribution in [0.2, 0.25) is 0 Å². The molecule has 0 saturated carbocycles. The van der Waals surface area contributed by atoms with E-state index in [2.05, 4.69) is 84.9 Å². The van der Waals surface area contributed by atoms with Gasteiger partial charge in [0.1, 0.15) is 0 Å². The Morgan fingerprint density at radius 2 is 0.793 bits per heavy atom. The zero-order valence-electron chi connectivity index (χ0n) is 16.0. The topological polar surface area (TPSA) is 25.8 Å². The van der Waals surface area contributed by atoms with Gasteiger partial charge < -0.3 is 0 Å². The molecule has 0 aliphatic carbocycles. The molecule has 4 aromatic rings. The van der Waals surface area contributed by atoms with Gasteiger partial charge in [-0.3, -0.25) is 9.97 Å². The summed E-state index contributed by atoms with van der Waals surface area (Å²) in [6, 6.07) is 32.5. The molecule has 3 heterocycles. The SMILES string of the molecule is [Pt+2].[c-]1c2cccc1Cc1cccc(n1)Cc1cccc(n1)Cc1[c-]c(ccc1)C2. The molecule has 0 amide bonds. The van der Waals surface area contributed by atoms with Gasteiger partial charge in [0.15, 0.2) is 0 Å². The molecule has 2 nitrogen and oxygen atoms in total.